The van der Waals surface area contributed by atoms with Crippen LogP contribution in [0.3, 0.4) is 0 Å². The quantitative estimate of drug-likeness (QED) is 0.813. The van der Waals surface area contributed by atoms with Crippen molar-refractivity contribution in [3.8, 4) is 0 Å². The average Bonchev–Trinajstić information content (AvgIpc) is 2.60. The molecule has 0 fully saturated rings. The van der Waals surface area contributed by atoms with Gasteiger partial charge in [-0.05, 0) is 25.0 Å². The average molecular weight is 289 g/mol. The first-order valence-corrected chi connectivity index (χ1v) is 6.04. The number of benzene rings is 1. The van der Waals surface area contributed by atoms with E-state index in [1.165, 1.54) is 0 Å². The Morgan fingerprint density at radius 3 is 2.93 bits per heavy atom. The SMILES string of the molecule is CCCc1nc2c(C)c(Br)cc(Cl)c2o1. The maximum absolute atomic E-state index is 6.08. The van der Waals surface area contributed by atoms with Crippen LogP contribution in [0.1, 0.15) is 24.8 Å². The number of fused-ring (bicyclic) bond motifs is 1. The van der Waals surface area contributed by atoms with Gasteiger partial charge in [-0.15, -0.1) is 0 Å². The molecular weight excluding hydrogens is 277 g/mol. The molecule has 15 heavy (non-hydrogen) atoms. The van der Waals surface area contributed by atoms with Crippen LogP contribution >= 0.6 is 27.5 Å². The molecule has 0 radical (unpaired) electrons. The lowest BCUT2D eigenvalue weighted by Gasteiger charge is -1.98. The predicted octanol–water partition coefficient (Wildman–Crippen LogP) is 4.50. The van der Waals surface area contributed by atoms with Crippen LogP contribution in [0.4, 0.5) is 0 Å². The maximum Gasteiger partial charge on any atom is 0.195 e. The number of nitrogens with zero attached hydrogens (tertiary/aromatic N) is 1. The Morgan fingerprint density at radius 1 is 1.53 bits per heavy atom. The molecule has 2 rings (SSSR count). The van der Waals surface area contributed by atoms with Crippen molar-refractivity contribution in [3.63, 3.8) is 0 Å². The molecule has 0 N–H and O–H groups in total. The maximum atomic E-state index is 6.08. The molecule has 0 amide bonds. The van der Waals surface area contributed by atoms with Gasteiger partial charge in [-0.1, -0.05) is 34.5 Å². The second-order valence-electron chi connectivity index (χ2n) is 3.50. The van der Waals surface area contributed by atoms with Gasteiger partial charge >= 0.3 is 0 Å². The molecule has 2 nitrogen and oxygen atoms in total. The minimum atomic E-state index is 0.609. The van der Waals surface area contributed by atoms with Crippen molar-refractivity contribution in [2.24, 2.45) is 0 Å². The second kappa shape index (κ2) is 4.14. The van der Waals surface area contributed by atoms with Gasteiger partial charge in [-0.3, -0.25) is 0 Å². The fraction of sp³-hybridized carbons (Fsp3) is 0.364. The van der Waals surface area contributed by atoms with Crippen molar-refractivity contribution in [2.75, 3.05) is 0 Å². The van der Waals surface area contributed by atoms with E-state index in [2.05, 4.69) is 27.8 Å². The fourth-order valence-corrected chi connectivity index (χ4v) is 2.29. The number of aryl methyl sites for hydroxylation is 2. The zero-order chi connectivity index (χ0) is 11.0. The highest BCUT2D eigenvalue weighted by Gasteiger charge is 2.13. The molecule has 4 heteroatoms. The monoisotopic (exact) mass is 287 g/mol. The Labute approximate surface area is 102 Å². The van der Waals surface area contributed by atoms with Gasteiger partial charge in [-0.25, -0.2) is 4.98 Å². The highest BCUT2D eigenvalue weighted by Crippen LogP contribution is 2.32. The largest absolute Gasteiger partial charge is 0.439 e. The van der Waals surface area contributed by atoms with E-state index in [-0.39, 0.29) is 0 Å². The van der Waals surface area contributed by atoms with E-state index >= 15 is 0 Å². The lowest BCUT2D eigenvalue weighted by atomic mass is 10.2. The van der Waals surface area contributed by atoms with E-state index in [4.69, 9.17) is 16.0 Å². The third-order valence-electron chi connectivity index (χ3n) is 2.32. The van der Waals surface area contributed by atoms with Crippen LogP contribution in [0.2, 0.25) is 5.02 Å². The van der Waals surface area contributed by atoms with Crippen molar-refractivity contribution in [2.45, 2.75) is 26.7 Å². The highest BCUT2D eigenvalue weighted by atomic mass is 79.9. The van der Waals surface area contributed by atoms with E-state index in [9.17, 15) is 0 Å². The molecule has 0 bridgehead atoms. The smallest absolute Gasteiger partial charge is 0.195 e. The normalized spacial score (nSPS) is 11.2. The van der Waals surface area contributed by atoms with Crippen LogP contribution in [-0.4, -0.2) is 4.98 Å². The van der Waals surface area contributed by atoms with Crippen molar-refractivity contribution < 1.29 is 4.42 Å². The van der Waals surface area contributed by atoms with Gasteiger partial charge in [0.05, 0.1) is 5.02 Å². The summed E-state index contributed by atoms with van der Waals surface area (Å²) < 4.78 is 6.58. The van der Waals surface area contributed by atoms with Crippen LogP contribution in [0.25, 0.3) is 11.1 Å². The first-order valence-electron chi connectivity index (χ1n) is 4.87. The van der Waals surface area contributed by atoms with Gasteiger partial charge < -0.3 is 4.42 Å². The molecule has 0 aliphatic carbocycles. The van der Waals surface area contributed by atoms with E-state index < -0.39 is 0 Å². The lowest BCUT2D eigenvalue weighted by molar-refractivity contribution is 0.525. The molecule has 0 aliphatic rings. The molecule has 0 unspecified atom stereocenters. The molecule has 0 saturated heterocycles. The van der Waals surface area contributed by atoms with E-state index in [1.54, 1.807) is 0 Å². The molecule has 0 saturated carbocycles. The number of rotatable bonds is 2. The van der Waals surface area contributed by atoms with Gasteiger partial charge in [0, 0.05) is 10.9 Å². The molecule has 1 aromatic heterocycles. The standard InChI is InChI=1S/C11H11BrClNO/c1-3-4-9-14-10-6(2)7(12)5-8(13)11(10)15-9/h5H,3-4H2,1-2H3. The van der Waals surface area contributed by atoms with Crippen molar-refractivity contribution >= 4 is 38.6 Å². The van der Waals surface area contributed by atoms with Gasteiger partial charge in [0.25, 0.3) is 0 Å². The van der Waals surface area contributed by atoms with Crippen molar-refractivity contribution in [1.82, 2.24) is 4.98 Å². The zero-order valence-corrected chi connectivity index (χ0v) is 10.9. The Hall–Kier alpha value is -0.540. The Morgan fingerprint density at radius 2 is 2.27 bits per heavy atom. The van der Waals surface area contributed by atoms with Gasteiger partial charge in [-0.2, -0.15) is 0 Å². The topological polar surface area (TPSA) is 26.0 Å². The lowest BCUT2D eigenvalue weighted by Crippen LogP contribution is -1.82. The Balaban J connectivity index is 2.68. The van der Waals surface area contributed by atoms with E-state index in [0.717, 1.165) is 34.3 Å². The third-order valence-corrected chi connectivity index (χ3v) is 3.42. The Kier molecular flexibility index (Phi) is 3.03. The second-order valence-corrected chi connectivity index (χ2v) is 4.76. The van der Waals surface area contributed by atoms with Gasteiger partial charge in [0.15, 0.2) is 11.5 Å². The summed E-state index contributed by atoms with van der Waals surface area (Å²) in [5, 5.41) is 0.609. The summed E-state index contributed by atoms with van der Waals surface area (Å²) in [4.78, 5) is 4.44. The summed E-state index contributed by atoms with van der Waals surface area (Å²) in [6.45, 7) is 4.10. The Bertz CT molecular complexity index is 507. The molecular formula is C11H11BrClNO. The number of oxazole rings is 1. The first kappa shape index (κ1) is 11.0. The van der Waals surface area contributed by atoms with Crippen LogP contribution in [-0.2, 0) is 6.42 Å². The van der Waals surface area contributed by atoms with Gasteiger partial charge in [0.2, 0.25) is 0 Å². The molecule has 1 heterocycles. The number of hydrogen-bond acceptors (Lipinski definition) is 2. The fourth-order valence-electron chi connectivity index (χ4n) is 1.50. The van der Waals surface area contributed by atoms with Crippen molar-refractivity contribution in [1.29, 1.82) is 0 Å². The summed E-state index contributed by atoms with van der Waals surface area (Å²) in [5.74, 6) is 0.760. The molecule has 0 spiro atoms. The first-order chi connectivity index (χ1) is 7.13. The number of aromatic nitrogens is 1. The van der Waals surface area contributed by atoms with Crippen LogP contribution < -0.4 is 0 Å². The van der Waals surface area contributed by atoms with Crippen LogP contribution in [0, 0.1) is 6.92 Å². The summed E-state index contributed by atoms with van der Waals surface area (Å²) in [6, 6.07) is 1.85. The summed E-state index contributed by atoms with van der Waals surface area (Å²) in [6.07, 6.45) is 1.87. The zero-order valence-electron chi connectivity index (χ0n) is 8.60. The van der Waals surface area contributed by atoms with Gasteiger partial charge in [0.1, 0.15) is 5.52 Å². The third kappa shape index (κ3) is 1.91. The van der Waals surface area contributed by atoms with Crippen molar-refractivity contribution in [3.05, 3.63) is 27.0 Å². The minimum Gasteiger partial charge on any atom is -0.439 e. The van der Waals surface area contributed by atoms with E-state index in [1.807, 2.05) is 13.0 Å². The molecule has 0 atom stereocenters. The summed E-state index contributed by atoms with van der Waals surface area (Å²) in [7, 11) is 0. The number of halogens is 2. The molecule has 80 valence electrons. The summed E-state index contributed by atoms with van der Waals surface area (Å²) in [5.41, 5.74) is 2.62. The summed E-state index contributed by atoms with van der Waals surface area (Å²) >= 11 is 9.53. The molecule has 1 aromatic carbocycles. The highest BCUT2D eigenvalue weighted by molar-refractivity contribution is 9.10. The predicted molar refractivity (Wildman–Crippen MR) is 65.5 cm³/mol. The minimum absolute atomic E-state index is 0.609. The van der Waals surface area contributed by atoms with E-state index in [0.29, 0.717) is 10.6 Å². The molecule has 2 aromatic rings. The van der Waals surface area contributed by atoms with Crippen LogP contribution in [0.15, 0.2) is 15.0 Å². The van der Waals surface area contributed by atoms with Crippen LogP contribution in [0.5, 0.6) is 0 Å². The molecule has 0 aliphatic heterocycles. The number of hydrogen-bond donors (Lipinski definition) is 0.